The van der Waals surface area contributed by atoms with Crippen molar-refractivity contribution < 1.29 is 0 Å². The van der Waals surface area contributed by atoms with Gasteiger partial charge in [0, 0.05) is 28.2 Å². The lowest BCUT2D eigenvalue weighted by atomic mass is 9.95. The smallest absolute Gasteiger partial charge is 0.0853 e. The molecule has 1 aromatic heterocycles. The third-order valence-electron chi connectivity index (χ3n) is 6.30. The third-order valence-corrected chi connectivity index (χ3v) is 6.30. The topological polar surface area (TPSA) is 4.93 Å². The first-order chi connectivity index (χ1) is 16.4. The monoisotopic (exact) mass is 419 g/mol. The molecular weight excluding hydrogens is 398 g/mol. The van der Waals surface area contributed by atoms with E-state index < -0.39 is 0 Å². The summed E-state index contributed by atoms with van der Waals surface area (Å²) in [7, 11) is 0. The minimum Gasteiger partial charge on any atom is -0.329 e. The second kappa shape index (κ2) is 8.23. The minimum absolute atomic E-state index is 0.625. The first kappa shape index (κ1) is 19.2. The van der Waals surface area contributed by atoms with Crippen LogP contribution in [0.4, 0.5) is 0 Å². The Bertz CT molecular complexity index is 1670. The predicted molar refractivity (Wildman–Crippen MR) is 140 cm³/mol. The van der Waals surface area contributed by atoms with Crippen LogP contribution in [0.5, 0.6) is 0 Å². The van der Waals surface area contributed by atoms with E-state index in [4.69, 9.17) is 0 Å². The van der Waals surface area contributed by atoms with Gasteiger partial charge in [0.05, 0.1) is 6.54 Å². The number of rotatable bonds is 2. The Balaban J connectivity index is 1.31. The lowest BCUT2D eigenvalue weighted by Gasteiger charge is -2.09. The van der Waals surface area contributed by atoms with Crippen molar-refractivity contribution in [3.63, 3.8) is 0 Å². The summed E-state index contributed by atoms with van der Waals surface area (Å²) >= 11 is 0. The molecule has 1 nitrogen and oxygen atoms in total. The molecule has 0 amide bonds. The summed E-state index contributed by atoms with van der Waals surface area (Å²) in [5.41, 5.74) is 3.70. The fourth-order valence-corrected chi connectivity index (χ4v) is 4.81. The average Bonchev–Trinajstić information content (AvgIpc) is 3.19. The van der Waals surface area contributed by atoms with Gasteiger partial charge in [-0.3, -0.25) is 0 Å². The molecule has 0 saturated heterocycles. The van der Waals surface area contributed by atoms with Gasteiger partial charge in [-0.2, -0.15) is 0 Å². The molecule has 0 aliphatic carbocycles. The zero-order chi connectivity index (χ0) is 22.0. The molecule has 1 heteroatoms. The first-order valence-corrected chi connectivity index (χ1v) is 11.2. The second-order valence-electron chi connectivity index (χ2n) is 8.20. The number of fused-ring (bicyclic) bond motifs is 5. The fraction of sp³-hybridized carbons (Fsp3) is 0.0625. The maximum Gasteiger partial charge on any atom is 0.0853 e. The van der Waals surface area contributed by atoms with Crippen molar-refractivity contribution in [1.82, 2.24) is 4.57 Å². The van der Waals surface area contributed by atoms with Crippen LogP contribution in [0.1, 0.15) is 5.56 Å². The summed E-state index contributed by atoms with van der Waals surface area (Å²) in [6, 6.07) is 36.4. The molecule has 0 bridgehead atoms. The van der Waals surface area contributed by atoms with Crippen LogP contribution in [0, 0.1) is 23.7 Å². The Morgan fingerprint density at radius 2 is 1.00 bits per heavy atom. The Morgan fingerprint density at radius 3 is 1.61 bits per heavy atom. The Kier molecular flexibility index (Phi) is 4.80. The van der Waals surface area contributed by atoms with Crippen molar-refractivity contribution in [2.45, 2.75) is 13.0 Å². The molecule has 0 saturated carbocycles. The van der Waals surface area contributed by atoms with Crippen LogP contribution in [0.2, 0.25) is 0 Å². The molecule has 0 aliphatic heterocycles. The normalized spacial score (nSPS) is 10.8. The average molecular weight is 420 g/mol. The largest absolute Gasteiger partial charge is 0.329 e. The zero-order valence-corrected chi connectivity index (χ0v) is 18.2. The van der Waals surface area contributed by atoms with E-state index in [1.54, 1.807) is 0 Å². The Hall–Kier alpha value is -4.46. The van der Waals surface area contributed by atoms with Crippen LogP contribution in [-0.4, -0.2) is 4.57 Å². The molecular formula is C32H21N. The van der Waals surface area contributed by atoms with Gasteiger partial charge in [0.25, 0.3) is 0 Å². The molecule has 0 radical (unpaired) electrons. The van der Waals surface area contributed by atoms with Crippen LogP contribution >= 0.6 is 0 Å². The molecule has 0 aliphatic rings. The lowest BCUT2D eigenvalue weighted by molar-refractivity contribution is 0.923. The molecule has 0 atom stereocenters. The fourth-order valence-electron chi connectivity index (χ4n) is 4.81. The van der Waals surface area contributed by atoms with Crippen molar-refractivity contribution in [3.05, 3.63) is 109 Å². The van der Waals surface area contributed by atoms with Gasteiger partial charge < -0.3 is 4.57 Å². The highest BCUT2D eigenvalue weighted by atomic mass is 15.0. The van der Waals surface area contributed by atoms with E-state index in [1.165, 1.54) is 48.9 Å². The van der Waals surface area contributed by atoms with Crippen molar-refractivity contribution in [3.8, 4) is 23.7 Å². The van der Waals surface area contributed by atoms with E-state index in [9.17, 15) is 0 Å². The molecule has 5 aromatic carbocycles. The quantitative estimate of drug-likeness (QED) is 0.204. The van der Waals surface area contributed by atoms with Gasteiger partial charge in [-0.1, -0.05) is 96.8 Å². The maximum absolute atomic E-state index is 3.31. The van der Waals surface area contributed by atoms with Crippen LogP contribution < -0.4 is 0 Å². The molecule has 0 unspecified atom stereocenters. The van der Waals surface area contributed by atoms with Crippen molar-refractivity contribution >= 4 is 43.4 Å². The number of nitrogens with zero attached hydrogens (tertiary/aromatic N) is 1. The van der Waals surface area contributed by atoms with Gasteiger partial charge >= 0.3 is 0 Å². The van der Waals surface area contributed by atoms with E-state index in [-0.39, 0.29) is 0 Å². The van der Waals surface area contributed by atoms with Crippen molar-refractivity contribution in [1.29, 1.82) is 0 Å². The SMILES string of the molecule is C(C#CCn1c2ccccc2c2ccccc21)#CCc1c2ccccc2cc2ccccc12. The van der Waals surface area contributed by atoms with E-state index >= 15 is 0 Å². The minimum atomic E-state index is 0.625. The van der Waals surface area contributed by atoms with Gasteiger partial charge in [-0.05, 0) is 57.1 Å². The number of hydrogen-bond acceptors (Lipinski definition) is 0. The number of benzene rings is 5. The highest BCUT2D eigenvalue weighted by Crippen LogP contribution is 2.29. The molecule has 0 fully saturated rings. The van der Waals surface area contributed by atoms with Crippen LogP contribution in [0.15, 0.2) is 103 Å². The van der Waals surface area contributed by atoms with Gasteiger partial charge in [-0.15, -0.1) is 0 Å². The van der Waals surface area contributed by atoms with E-state index in [0.29, 0.717) is 13.0 Å². The van der Waals surface area contributed by atoms with Gasteiger partial charge in [-0.25, -0.2) is 0 Å². The van der Waals surface area contributed by atoms with Crippen LogP contribution in [0.3, 0.4) is 0 Å². The zero-order valence-electron chi connectivity index (χ0n) is 18.2. The first-order valence-electron chi connectivity index (χ1n) is 11.2. The summed E-state index contributed by atoms with van der Waals surface area (Å²) in [6.07, 6.45) is 0.686. The Morgan fingerprint density at radius 1 is 0.515 bits per heavy atom. The molecule has 33 heavy (non-hydrogen) atoms. The highest BCUT2D eigenvalue weighted by Gasteiger charge is 2.08. The lowest BCUT2D eigenvalue weighted by Crippen LogP contribution is -1.94. The molecule has 0 spiro atoms. The van der Waals surface area contributed by atoms with Gasteiger partial charge in [0.2, 0.25) is 0 Å². The molecule has 1 heterocycles. The van der Waals surface area contributed by atoms with E-state index in [0.717, 1.165) is 0 Å². The summed E-state index contributed by atoms with van der Waals surface area (Å²) in [5, 5.41) is 7.58. The number of hydrogen-bond donors (Lipinski definition) is 0. The predicted octanol–water partition coefficient (Wildman–Crippen LogP) is 7.35. The summed E-state index contributed by atoms with van der Waals surface area (Å²) in [5.74, 6) is 12.8. The van der Waals surface area contributed by atoms with Gasteiger partial charge in [0.15, 0.2) is 0 Å². The van der Waals surface area contributed by atoms with Crippen LogP contribution in [0.25, 0.3) is 43.4 Å². The van der Waals surface area contributed by atoms with Crippen molar-refractivity contribution in [2.75, 3.05) is 0 Å². The van der Waals surface area contributed by atoms with E-state index in [1.807, 2.05) is 0 Å². The number of para-hydroxylation sites is 2. The molecule has 6 aromatic rings. The molecule has 0 N–H and O–H groups in total. The van der Waals surface area contributed by atoms with E-state index in [2.05, 4.69) is 131 Å². The van der Waals surface area contributed by atoms with Gasteiger partial charge in [0.1, 0.15) is 0 Å². The van der Waals surface area contributed by atoms with Crippen molar-refractivity contribution in [2.24, 2.45) is 0 Å². The third kappa shape index (κ3) is 3.41. The summed E-state index contributed by atoms with van der Waals surface area (Å²) in [4.78, 5) is 0. The van der Waals surface area contributed by atoms with Crippen LogP contribution in [-0.2, 0) is 13.0 Å². The highest BCUT2D eigenvalue weighted by molar-refractivity contribution is 6.08. The summed E-state index contributed by atoms with van der Waals surface area (Å²) < 4.78 is 2.28. The standard InChI is InChI=1S/C32H21N/c1(2-12-22-33-31-20-10-8-18-29(31)30-19-9-11-21-32(30)33)3-17-28-26-15-6-4-13-24(26)23-25-14-5-7-16-27(25)28/h4-11,13-16,18-21,23H,17,22H2. The summed E-state index contributed by atoms with van der Waals surface area (Å²) in [6.45, 7) is 0.625. The molecule has 154 valence electrons. The number of aromatic nitrogens is 1. The second-order valence-corrected chi connectivity index (χ2v) is 8.20. The maximum atomic E-state index is 3.31. The molecule has 6 rings (SSSR count). The Labute approximate surface area is 193 Å².